The van der Waals surface area contributed by atoms with Gasteiger partial charge in [0.05, 0.1) is 5.60 Å². The van der Waals surface area contributed by atoms with Gasteiger partial charge < -0.3 is 10.2 Å². The zero-order valence-electron chi connectivity index (χ0n) is 9.75. The van der Waals surface area contributed by atoms with Crippen molar-refractivity contribution in [2.45, 2.75) is 39.2 Å². The molecular weight excluding hydrogens is 188 g/mol. The van der Waals surface area contributed by atoms with Crippen molar-refractivity contribution in [2.24, 2.45) is 0 Å². The molecule has 1 atom stereocenters. The van der Waals surface area contributed by atoms with Crippen LogP contribution in [0.5, 0.6) is 0 Å². The Hall–Kier alpha value is -0.860. The molecule has 1 aromatic rings. The van der Waals surface area contributed by atoms with Crippen LogP contribution in [0.3, 0.4) is 0 Å². The monoisotopic (exact) mass is 208 g/mol. The number of benzene rings is 1. The fourth-order valence-corrected chi connectivity index (χ4v) is 1.87. The minimum atomic E-state index is -0.834. The van der Waals surface area contributed by atoms with Gasteiger partial charge in [0, 0.05) is 6.61 Å². The Bertz CT molecular complexity index is 329. The number of hydrogen-bond donors (Lipinski definition) is 2. The molecule has 0 bridgehead atoms. The normalized spacial score (nSPS) is 15.0. The number of aryl methyl sites for hydroxylation is 2. The molecule has 0 aromatic heterocycles. The highest BCUT2D eigenvalue weighted by atomic mass is 16.3. The molecule has 1 unspecified atom stereocenters. The standard InChI is InChI=1S/C13H20O2/c1-10-5-6-11(2)12(9-10)13(3,15)7-4-8-14/h5-6,9,14-15H,4,7-8H2,1-3H3. The zero-order chi connectivity index (χ0) is 11.5. The van der Waals surface area contributed by atoms with Crippen molar-refractivity contribution in [2.75, 3.05) is 6.61 Å². The average Bonchev–Trinajstić information content (AvgIpc) is 2.18. The first-order valence-electron chi connectivity index (χ1n) is 5.38. The first-order chi connectivity index (χ1) is 6.97. The van der Waals surface area contributed by atoms with E-state index in [1.165, 1.54) is 0 Å². The van der Waals surface area contributed by atoms with Gasteiger partial charge in [-0.25, -0.2) is 0 Å². The first kappa shape index (κ1) is 12.2. The van der Waals surface area contributed by atoms with E-state index in [2.05, 4.69) is 0 Å². The fourth-order valence-electron chi connectivity index (χ4n) is 1.87. The molecule has 2 heteroatoms. The smallest absolute Gasteiger partial charge is 0.0872 e. The Morgan fingerprint density at radius 2 is 1.93 bits per heavy atom. The molecule has 0 saturated heterocycles. The third kappa shape index (κ3) is 3.05. The largest absolute Gasteiger partial charge is 0.396 e. The van der Waals surface area contributed by atoms with E-state index in [4.69, 9.17) is 5.11 Å². The quantitative estimate of drug-likeness (QED) is 0.797. The van der Waals surface area contributed by atoms with E-state index in [-0.39, 0.29) is 6.61 Å². The fraction of sp³-hybridized carbons (Fsp3) is 0.538. The summed E-state index contributed by atoms with van der Waals surface area (Å²) in [5.41, 5.74) is 2.39. The molecule has 2 nitrogen and oxygen atoms in total. The van der Waals surface area contributed by atoms with Gasteiger partial charge in [0.1, 0.15) is 0 Å². The van der Waals surface area contributed by atoms with Crippen molar-refractivity contribution in [3.63, 3.8) is 0 Å². The van der Waals surface area contributed by atoms with Gasteiger partial charge in [0.15, 0.2) is 0 Å². The molecule has 84 valence electrons. The van der Waals surface area contributed by atoms with Crippen molar-refractivity contribution >= 4 is 0 Å². The molecule has 0 fully saturated rings. The summed E-state index contributed by atoms with van der Waals surface area (Å²) in [6.45, 7) is 5.96. The van der Waals surface area contributed by atoms with Gasteiger partial charge in [0.2, 0.25) is 0 Å². The van der Waals surface area contributed by atoms with E-state index in [0.29, 0.717) is 12.8 Å². The second-order valence-corrected chi connectivity index (χ2v) is 4.42. The van der Waals surface area contributed by atoms with Crippen molar-refractivity contribution in [1.29, 1.82) is 0 Å². The maximum absolute atomic E-state index is 10.3. The third-order valence-electron chi connectivity index (χ3n) is 2.80. The summed E-state index contributed by atoms with van der Waals surface area (Å²) in [5.74, 6) is 0. The second kappa shape index (κ2) is 4.77. The predicted octanol–water partition coefficient (Wildman–Crippen LogP) is 2.28. The molecule has 0 aliphatic carbocycles. The Morgan fingerprint density at radius 1 is 1.27 bits per heavy atom. The van der Waals surface area contributed by atoms with E-state index in [0.717, 1.165) is 16.7 Å². The molecule has 0 aliphatic heterocycles. The van der Waals surface area contributed by atoms with Crippen LogP contribution in [0.4, 0.5) is 0 Å². The molecule has 0 amide bonds. The number of aliphatic hydroxyl groups excluding tert-OH is 1. The lowest BCUT2D eigenvalue weighted by Crippen LogP contribution is -2.22. The Kier molecular flexibility index (Phi) is 3.89. The van der Waals surface area contributed by atoms with Crippen LogP contribution >= 0.6 is 0 Å². The minimum Gasteiger partial charge on any atom is -0.396 e. The third-order valence-corrected chi connectivity index (χ3v) is 2.80. The van der Waals surface area contributed by atoms with E-state index < -0.39 is 5.60 Å². The van der Waals surface area contributed by atoms with Gasteiger partial charge in [-0.1, -0.05) is 23.8 Å². The first-order valence-corrected chi connectivity index (χ1v) is 5.38. The molecule has 0 radical (unpaired) electrons. The van der Waals surface area contributed by atoms with Gasteiger partial charge >= 0.3 is 0 Å². The topological polar surface area (TPSA) is 40.5 Å². The van der Waals surface area contributed by atoms with Gasteiger partial charge in [-0.3, -0.25) is 0 Å². The Morgan fingerprint density at radius 3 is 2.53 bits per heavy atom. The van der Waals surface area contributed by atoms with Crippen LogP contribution < -0.4 is 0 Å². The Balaban J connectivity index is 2.97. The minimum absolute atomic E-state index is 0.126. The van der Waals surface area contributed by atoms with Crippen LogP contribution in [0, 0.1) is 13.8 Å². The van der Waals surface area contributed by atoms with Crippen molar-refractivity contribution in [3.05, 3.63) is 34.9 Å². The second-order valence-electron chi connectivity index (χ2n) is 4.42. The van der Waals surface area contributed by atoms with Crippen LogP contribution in [-0.2, 0) is 5.60 Å². The van der Waals surface area contributed by atoms with E-state index in [9.17, 15) is 5.11 Å². The Labute approximate surface area is 91.6 Å². The number of hydrogen-bond acceptors (Lipinski definition) is 2. The summed E-state index contributed by atoms with van der Waals surface area (Å²) in [6.07, 6.45) is 1.22. The van der Waals surface area contributed by atoms with Crippen molar-refractivity contribution in [3.8, 4) is 0 Å². The molecule has 0 spiro atoms. The van der Waals surface area contributed by atoms with E-state index in [1.807, 2.05) is 39.0 Å². The SMILES string of the molecule is Cc1ccc(C)c(C(C)(O)CCCO)c1. The van der Waals surface area contributed by atoms with Gasteiger partial charge in [-0.15, -0.1) is 0 Å². The maximum Gasteiger partial charge on any atom is 0.0872 e. The van der Waals surface area contributed by atoms with Gasteiger partial charge in [-0.2, -0.15) is 0 Å². The summed E-state index contributed by atoms with van der Waals surface area (Å²) in [4.78, 5) is 0. The summed E-state index contributed by atoms with van der Waals surface area (Å²) in [5, 5.41) is 19.1. The zero-order valence-corrected chi connectivity index (χ0v) is 9.75. The summed E-state index contributed by atoms with van der Waals surface area (Å²) in [6, 6.07) is 6.09. The molecule has 0 saturated carbocycles. The molecule has 0 heterocycles. The number of rotatable bonds is 4. The van der Waals surface area contributed by atoms with Crippen LogP contribution in [0.15, 0.2) is 18.2 Å². The lowest BCUT2D eigenvalue weighted by atomic mass is 9.87. The molecular formula is C13H20O2. The van der Waals surface area contributed by atoms with E-state index in [1.54, 1.807) is 0 Å². The van der Waals surface area contributed by atoms with Gasteiger partial charge in [0.25, 0.3) is 0 Å². The van der Waals surface area contributed by atoms with Crippen molar-refractivity contribution in [1.82, 2.24) is 0 Å². The molecule has 2 N–H and O–H groups in total. The average molecular weight is 208 g/mol. The van der Waals surface area contributed by atoms with Gasteiger partial charge in [-0.05, 0) is 44.7 Å². The molecule has 15 heavy (non-hydrogen) atoms. The molecule has 0 aliphatic rings. The van der Waals surface area contributed by atoms with Crippen LogP contribution in [0.2, 0.25) is 0 Å². The maximum atomic E-state index is 10.3. The van der Waals surface area contributed by atoms with E-state index >= 15 is 0 Å². The number of aliphatic hydroxyl groups is 2. The van der Waals surface area contributed by atoms with Crippen molar-refractivity contribution < 1.29 is 10.2 Å². The predicted molar refractivity (Wildman–Crippen MR) is 61.8 cm³/mol. The van der Waals surface area contributed by atoms with Crippen LogP contribution in [-0.4, -0.2) is 16.8 Å². The summed E-state index contributed by atoms with van der Waals surface area (Å²) in [7, 11) is 0. The van der Waals surface area contributed by atoms with Crippen LogP contribution in [0.25, 0.3) is 0 Å². The summed E-state index contributed by atoms with van der Waals surface area (Å²) >= 11 is 0. The summed E-state index contributed by atoms with van der Waals surface area (Å²) < 4.78 is 0. The van der Waals surface area contributed by atoms with Crippen LogP contribution in [0.1, 0.15) is 36.5 Å². The molecule has 1 rings (SSSR count). The highest BCUT2D eigenvalue weighted by molar-refractivity contribution is 5.34. The lowest BCUT2D eigenvalue weighted by Gasteiger charge is -2.26. The molecule has 1 aromatic carbocycles. The highest BCUT2D eigenvalue weighted by Gasteiger charge is 2.24. The lowest BCUT2D eigenvalue weighted by molar-refractivity contribution is 0.0397. The highest BCUT2D eigenvalue weighted by Crippen LogP contribution is 2.29.